The van der Waals surface area contributed by atoms with E-state index < -0.39 is 0 Å². The molecule has 2 amide bonds. The maximum atomic E-state index is 13.0. The van der Waals surface area contributed by atoms with Crippen molar-refractivity contribution in [2.24, 2.45) is 0 Å². The Balaban J connectivity index is 1.68. The highest BCUT2D eigenvalue weighted by Gasteiger charge is 2.20. The van der Waals surface area contributed by atoms with E-state index in [-0.39, 0.29) is 24.5 Å². The average Bonchev–Trinajstić information content (AvgIpc) is 2.54. The molecule has 23 heavy (non-hydrogen) atoms. The maximum absolute atomic E-state index is 13.0. The second kappa shape index (κ2) is 8.84. The highest BCUT2D eigenvalue weighted by Crippen LogP contribution is 2.17. The van der Waals surface area contributed by atoms with Crippen molar-refractivity contribution >= 4 is 11.7 Å². The molecule has 6 heteroatoms. The molecule has 0 aromatic heterocycles. The second-order valence-corrected chi connectivity index (χ2v) is 6.06. The molecular formula is C17H26FN3O2. The van der Waals surface area contributed by atoms with E-state index in [4.69, 9.17) is 0 Å². The molecule has 3 N–H and O–H groups in total. The average molecular weight is 323 g/mol. The fraction of sp³-hybridized carbons (Fsp3) is 0.588. The van der Waals surface area contributed by atoms with E-state index >= 15 is 0 Å². The number of rotatable bonds is 6. The van der Waals surface area contributed by atoms with Crippen molar-refractivity contribution in [3.63, 3.8) is 0 Å². The summed E-state index contributed by atoms with van der Waals surface area (Å²) in [4.78, 5) is 14.2. The first-order chi connectivity index (χ1) is 11.1. The van der Waals surface area contributed by atoms with Crippen molar-refractivity contribution in [3.8, 4) is 0 Å². The number of likely N-dealkylation sites (tertiary alicyclic amines) is 1. The van der Waals surface area contributed by atoms with Gasteiger partial charge in [-0.1, -0.05) is 6.42 Å². The van der Waals surface area contributed by atoms with Crippen LogP contribution in [0.15, 0.2) is 18.2 Å². The molecule has 1 heterocycles. The Kier molecular flexibility index (Phi) is 6.80. The van der Waals surface area contributed by atoms with Gasteiger partial charge in [-0.2, -0.15) is 0 Å². The third-order valence-corrected chi connectivity index (χ3v) is 4.30. The highest BCUT2D eigenvalue weighted by molar-refractivity contribution is 5.89. The van der Waals surface area contributed by atoms with Crippen LogP contribution in [-0.4, -0.2) is 48.3 Å². The molecule has 0 saturated carbocycles. The third-order valence-electron chi connectivity index (χ3n) is 4.30. The van der Waals surface area contributed by atoms with Crippen LogP contribution in [0.3, 0.4) is 0 Å². The van der Waals surface area contributed by atoms with Gasteiger partial charge in [0.25, 0.3) is 0 Å². The van der Waals surface area contributed by atoms with E-state index in [9.17, 15) is 14.3 Å². The number of nitrogens with zero attached hydrogens (tertiary/aromatic N) is 1. The number of halogens is 1. The molecule has 0 radical (unpaired) electrons. The Morgan fingerprint density at radius 3 is 3.00 bits per heavy atom. The van der Waals surface area contributed by atoms with Gasteiger partial charge in [0.1, 0.15) is 5.82 Å². The maximum Gasteiger partial charge on any atom is 0.319 e. The highest BCUT2D eigenvalue weighted by atomic mass is 19.1. The van der Waals surface area contributed by atoms with Crippen molar-refractivity contribution in [1.29, 1.82) is 0 Å². The lowest BCUT2D eigenvalue weighted by atomic mass is 10.0. The zero-order chi connectivity index (χ0) is 16.7. The fourth-order valence-corrected chi connectivity index (χ4v) is 2.98. The molecule has 1 aromatic rings. The molecule has 1 aromatic carbocycles. The summed E-state index contributed by atoms with van der Waals surface area (Å²) in [6, 6.07) is 4.26. The number of hydrogen-bond acceptors (Lipinski definition) is 3. The van der Waals surface area contributed by atoms with Gasteiger partial charge >= 0.3 is 6.03 Å². The van der Waals surface area contributed by atoms with E-state index in [1.807, 2.05) is 0 Å². The molecule has 1 atom stereocenters. The summed E-state index contributed by atoms with van der Waals surface area (Å²) in [6.07, 6.45) is 4.24. The zero-order valence-electron chi connectivity index (χ0n) is 13.6. The number of hydrogen-bond donors (Lipinski definition) is 3. The Morgan fingerprint density at radius 2 is 2.26 bits per heavy atom. The fourth-order valence-electron chi connectivity index (χ4n) is 2.98. The third kappa shape index (κ3) is 5.48. The second-order valence-electron chi connectivity index (χ2n) is 6.06. The molecule has 5 nitrogen and oxygen atoms in total. The first kappa shape index (κ1) is 17.7. The smallest absolute Gasteiger partial charge is 0.319 e. The van der Waals surface area contributed by atoms with Crippen LogP contribution in [-0.2, 0) is 0 Å². The number of aliphatic hydroxyl groups excluding tert-OH is 1. The lowest BCUT2D eigenvalue weighted by Gasteiger charge is -2.34. The summed E-state index contributed by atoms with van der Waals surface area (Å²) < 4.78 is 13.0. The van der Waals surface area contributed by atoms with Gasteiger partial charge in [-0.25, -0.2) is 9.18 Å². The largest absolute Gasteiger partial charge is 0.395 e. The SMILES string of the molecule is Cc1cc(F)ccc1NC(=O)NCCCN1CCCCC1CO. The molecule has 1 aliphatic heterocycles. The van der Waals surface area contributed by atoms with Crippen LogP contribution in [0.4, 0.5) is 14.9 Å². The van der Waals surface area contributed by atoms with Gasteiger partial charge in [0.15, 0.2) is 0 Å². The summed E-state index contributed by atoms with van der Waals surface area (Å²) in [5, 5.41) is 14.9. The molecule has 1 unspecified atom stereocenters. The number of amides is 2. The topological polar surface area (TPSA) is 64.6 Å². The monoisotopic (exact) mass is 323 g/mol. The first-order valence-corrected chi connectivity index (χ1v) is 8.26. The Hall–Kier alpha value is -1.66. The van der Waals surface area contributed by atoms with Crippen molar-refractivity contribution in [3.05, 3.63) is 29.6 Å². The molecule has 1 saturated heterocycles. The number of carbonyl (C=O) groups excluding carboxylic acids is 1. The molecule has 1 aliphatic rings. The first-order valence-electron chi connectivity index (χ1n) is 8.26. The molecule has 0 bridgehead atoms. The summed E-state index contributed by atoms with van der Waals surface area (Å²) in [6.45, 7) is 4.43. The Bertz CT molecular complexity index is 525. The molecular weight excluding hydrogens is 297 g/mol. The normalized spacial score (nSPS) is 18.7. The standard InChI is InChI=1S/C17H26FN3O2/c1-13-11-14(18)6-7-16(13)20-17(23)19-8-4-10-21-9-3-2-5-15(21)12-22/h6-7,11,15,22H,2-5,8-10,12H2,1H3,(H2,19,20,23). The summed E-state index contributed by atoms with van der Waals surface area (Å²) in [5.41, 5.74) is 1.31. The van der Waals surface area contributed by atoms with Crippen molar-refractivity contribution in [1.82, 2.24) is 10.2 Å². The van der Waals surface area contributed by atoms with Gasteiger partial charge in [-0.15, -0.1) is 0 Å². The van der Waals surface area contributed by atoms with Crippen LogP contribution in [0.25, 0.3) is 0 Å². The van der Waals surface area contributed by atoms with Crippen LogP contribution in [0.2, 0.25) is 0 Å². The van der Waals surface area contributed by atoms with Crippen LogP contribution in [0.1, 0.15) is 31.2 Å². The lowest BCUT2D eigenvalue weighted by Crippen LogP contribution is -2.43. The van der Waals surface area contributed by atoms with Crippen LogP contribution in [0.5, 0.6) is 0 Å². The van der Waals surface area contributed by atoms with Gasteiger partial charge in [-0.05, 0) is 56.5 Å². The summed E-state index contributed by atoms with van der Waals surface area (Å²) in [5.74, 6) is -0.312. The number of aliphatic hydroxyl groups is 1. The number of carbonyl (C=O) groups is 1. The van der Waals surface area contributed by atoms with Crippen molar-refractivity contribution < 1.29 is 14.3 Å². The van der Waals surface area contributed by atoms with Crippen molar-refractivity contribution in [2.75, 3.05) is 31.6 Å². The number of aryl methyl sites for hydroxylation is 1. The predicted octanol–water partition coefficient (Wildman–Crippen LogP) is 2.49. The van der Waals surface area contributed by atoms with Crippen LogP contribution >= 0.6 is 0 Å². The van der Waals surface area contributed by atoms with E-state index in [0.29, 0.717) is 17.8 Å². The van der Waals surface area contributed by atoms with Crippen LogP contribution in [0, 0.1) is 12.7 Å². The summed E-state index contributed by atoms with van der Waals surface area (Å²) >= 11 is 0. The molecule has 128 valence electrons. The number of piperidine rings is 1. The van der Waals surface area contributed by atoms with Crippen molar-refractivity contribution in [2.45, 2.75) is 38.6 Å². The van der Waals surface area contributed by atoms with Crippen LogP contribution < -0.4 is 10.6 Å². The van der Waals surface area contributed by atoms with E-state index in [1.54, 1.807) is 13.0 Å². The quantitative estimate of drug-likeness (QED) is 0.705. The minimum Gasteiger partial charge on any atom is -0.395 e. The number of benzene rings is 1. The summed E-state index contributed by atoms with van der Waals surface area (Å²) in [7, 11) is 0. The van der Waals surface area contributed by atoms with Gasteiger partial charge in [0.2, 0.25) is 0 Å². The number of nitrogens with one attached hydrogen (secondary N) is 2. The predicted molar refractivity (Wildman–Crippen MR) is 89.1 cm³/mol. The van der Waals surface area contributed by atoms with Gasteiger partial charge in [0, 0.05) is 24.8 Å². The lowest BCUT2D eigenvalue weighted by molar-refractivity contribution is 0.0894. The van der Waals surface area contributed by atoms with Gasteiger partial charge in [0.05, 0.1) is 6.61 Å². The molecule has 2 rings (SSSR count). The molecule has 1 fully saturated rings. The Morgan fingerprint density at radius 1 is 1.43 bits per heavy atom. The van der Waals surface area contributed by atoms with Gasteiger partial charge < -0.3 is 15.7 Å². The minimum absolute atomic E-state index is 0.206. The van der Waals surface area contributed by atoms with E-state index in [2.05, 4.69) is 15.5 Å². The molecule has 0 spiro atoms. The Labute approximate surface area is 136 Å². The molecule has 0 aliphatic carbocycles. The van der Waals surface area contributed by atoms with E-state index in [1.165, 1.54) is 25.0 Å². The van der Waals surface area contributed by atoms with E-state index in [0.717, 1.165) is 25.9 Å². The van der Waals surface area contributed by atoms with Gasteiger partial charge in [-0.3, -0.25) is 4.90 Å². The minimum atomic E-state index is -0.312. The number of anilines is 1. The zero-order valence-corrected chi connectivity index (χ0v) is 13.6. The number of urea groups is 1.